The van der Waals surface area contributed by atoms with Gasteiger partial charge in [-0.05, 0) is 132 Å². The fourth-order valence-electron chi connectivity index (χ4n) is 11.8. The minimum absolute atomic E-state index is 0.484. The van der Waals surface area contributed by atoms with Crippen molar-refractivity contribution < 1.29 is 0 Å². The maximum absolute atomic E-state index is 2.48. The van der Waals surface area contributed by atoms with E-state index in [9.17, 15) is 0 Å². The first kappa shape index (κ1) is 39.2. The van der Waals surface area contributed by atoms with E-state index in [-0.39, 0.29) is 0 Å². The Bertz CT molecular complexity index is 4030. The lowest BCUT2D eigenvalue weighted by atomic mass is 9.67. The Morgan fingerprint density at radius 2 is 0.841 bits per heavy atom. The molecule has 69 heavy (non-hydrogen) atoms. The normalized spacial score (nSPS) is 12.8. The van der Waals surface area contributed by atoms with Crippen molar-refractivity contribution in [1.82, 2.24) is 4.57 Å². The molecule has 1 aliphatic rings. The van der Waals surface area contributed by atoms with Gasteiger partial charge in [-0.3, -0.25) is 0 Å². The third-order valence-electron chi connectivity index (χ3n) is 14.8. The van der Waals surface area contributed by atoms with Crippen molar-refractivity contribution in [2.45, 2.75) is 5.41 Å². The molecule has 14 rings (SSSR count). The van der Waals surface area contributed by atoms with E-state index in [4.69, 9.17) is 0 Å². The lowest BCUT2D eigenvalue weighted by molar-refractivity contribution is 0.767. The Morgan fingerprint density at radius 1 is 0.304 bits per heavy atom. The molecule has 0 aliphatic heterocycles. The van der Waals surface area contributed by atoms with Crippen LogP contribution in [-0.4, -0.2) is 4.57 Å². The van der Waals surface area contributed by atoms with Gasteiger partial charge in [-0.2, -0.15) is 0 Å². The molecule has 0 unspecified atom stereocenters. The van der Waals surface area contributed by atoms with Gasteiger partial charge in [0.25, 0.3) is 0 Å². The van der Waals surface area contributed by atoms with Gasteiger partial charge >= 0.3 is 0 Å². The highest BCUT2D eigenvalue weighted by atomic mass is 15.1. The predicted octanol–water partition coefficient (Wildman–Crippen LogP) is 17.7. The summed E-state index contributed by atoms with van der Waals surface area (Å²) in [5, 5.41) is 9.74. The molecule has 0 saturated heterocycles. The molecule has 12 aromatic carbocycles. The molecule has 1 aromatic heterocycles. The number of hydrogen-bond acceptors (Lipinski definition) is 1. The third kappa shape index (κ3) is 5.99. The van der Waals surface area contributed by atoms with Gasteiger partial charge in [0.2, 0.25) is 0 Å². The number of benzene rings is 12. The number of fused-ring (bicyclic) bond motifs is 9. The van der Waals surface area contributed by atoms with Crippen molar-refractivity contribution in [1.29, 1.82) is 0 Å². The SMILES string of the molecule is c1ccc(C2(c3ccccc3)c3ccccc3-c3ccc(-n4c5ccccc5c5cc(-c6ccc(N(c7ccc8ccccc8c7)c7ccc8ccccc8c7)c7ccccc67)ccc54)cc32)cc1. The van der Waals surface area contributed by atoms with E-state index in [2.05, 4.69) is 276 Å². The minimum Gasteiger partial charge on any atom is -0.310 e. The maximum atomic E-state index is 2.48. The van der Waals surface area contributed by atoms with Gasteiger partial charge in [0.15, 0.2) is 0 Å². The van der Waals surface area contributed by atoms with Crippen LogP contribution >= 0.6 is 0 Å². The minimum atomic E-state index is -0.484. The highest BCUT2D eigenvalue weighted by Crippen LogP contribution is 2.57. The summed E-state index contributed by atoms with van der Waals surface area (Å²) in [6.07, 6.45) is 0. The molecule has 2 nitrogen and oxygen atoms in total. The van der Waals surface area contributed by atoms with Gasteiger partial charge in [0.1, 0.15) is 0 Å². The summed E-state index contributed by atoms with van der Waals surface area (Å²) in [4.78, 5) is 2.43. The molecule has 1 aliphatic carbocycles. The van der Waals surface area contributed by atoms with Gasteiger partial charge in [-0.1, -0.05) is 206 Å². The Labute approximate surface area is 401 Å². The molecular weight excluding hydrogens is 833 g/mol. The van der Waals surface area contributed by atoms with Crippen molar-refractivity contribution in [2.75, 3.05) is 4.90 Å². The van der Waals surface area contributed by atoms with Crippen LogP contribution in [0.15, 0.2) is 267 Å². The monoisotopic (exact) mass is 876 g/mol. The molecule has 2 heteroatoms. The van der Waals surface area contributed by atoms with Crippen LogP contribution in [0.5, 0.6) is 0 Å². The molecule has 0 fully saturated rings. The highest BCUT2D eigenvalue weighted by Gasteiger charge is 2.46. The van der Waals surface area contributed by atoms with Gasteiger partial charge < -0.3 is 9.47 Å². The van der Waals surface area contributed by atoms with Gasteiger partial charge in [-0.15, -0.1) is 0 Å². The number of para-hydroxylation sites is 1. The van der Waals surface area contributed by atoms with Gasteiger partial charge in [-0.25, -0.2) is 0 Å². The maximum Gasteiger partial charge on any atom is 0.0714 e. The van der Waals surface area contributed by atoms with E-state index in [1.165, 1.54) is 98.6 Å². The lowest BCUT2D eigenvalue weighted by Gasteiger charge is -2.34. The van der Waals surface area contributed by atoms with Crippen LogP contribution in [0.1, 0.15) is 22.3 Å². The van der Waals surface area contributed by atoms with Crippen LogP contribution in [0.3, 0.4) is 0 Å². The quantitative estimate of drug-likeness (QED) is 0.155. The average Bonchev–Trinajstić information content (AvgIpc) is 3.91. The van der Waals surface area contributed by atoms with Crippen molar-refractivity contribution in [3.05, 3.63) is 289 Å². The third-order valence-corrected chi connectivity index (χ3v) is 14.8. The van der Waals surface area contributed by atoms with Crippen molar-refractivity contribution in [2.24, 2.45) is 0 Å². The summed E-state index contributed by atoms with van der Waals surface area (Å²) in [6.45, 7) is 0. The van der Waals surface area contributed by atoms with Crippen molar-refractivity contribution in [3.63, 3.8) is 0 Å². The first-order valence-corrected chi connectivity index (χ1v) is 23.9. The molecule has 0 bridgehead atoms. The summed E-state index contributed by atoms with van der Waals surface area (Å²) in [5.74, 6) is 0. The van der Waals surface area contributed by atoms with Crippen LogP contribution in [0.4, 0.5) is 17.1 Å². The molecule has 0 spiro atoms. The fraction of sp³-hybridized carbons (Fsp3) is 0.0149. The number of nitrogens with zero attached hydrogens (tertiary/aromatic N) is 2. The average molecular weight is 877 g/mol. The van der Waals surface area contributed by atoms with Crippen LogP contribution in [0.25, 0.3) is 82.1 Å². The highest BCUT2D eigenvalue weighted by molar-refractivity contribution is 6.13. The second-order valence-electron chi connectivity index (χ2n) is 18.4. The first-order valence-electron chi connectivity index (χ1n) is 23.9. The second-order valence-corrected chi connectivity index (χ2v) is 18.4. The van der Waals surface area contributed by atoms with E-state index < -0.39 is 5.41 Å². The van der Waals surface area contributed by atoms with Crippen LogP contribution < -0.4 is 4.90 Å². The Kier molecular flexibility index (Phi) is 8.84. The first-order chi connectivity index (χ1) is 34.2. The van der Waals surface area contributed by atoms with Crippen molar-refractivity contribution in [3.8, 4) is 27.9 Å². The summed E-state index contributed by atoms with van der Waals surface area (Å²) >= 11 is 0. The zero-order chi connectivity index (χ0) is 45.5. The summed E-state index contributed by atoms with van der Waals surface area (Å²) < 4.78 is 2.48. The van der Waals surface area contributed by atoms with Gasteiger partial charge in [0, 0.05) is 33.2 Å². The molecule has 0 N–H and O–H groups in total. The summed E-state index contributed by atoms with van der Waals surface area (Å²) in [7, 11) is 0. The predicted molar refractivity (Wildman–Crippen MR) is 291 cm³/mol. The Morgan fingerprint density at radius 3 is 1.54 bits per heavy atom. The second kappa shape index (κ2) is 15.6. The summed E-state index contributed by atoms with van der Waals surface area (Å²) in [6, 6.07) is 98.7. The number of hydrogen-bond donors (Lipinski definition) is 0. The van der Waals surface area contributed by atoms with E-state index in [0.717, 1.165) is 22.7 Å². The standard InChI is InChI=1S/C67H44N2/c1-3-21-50(22-4-1)67(51-23-5-2-6-24-51)62-29-15-13-26-57(62)58-37-36-54(44-63(58)67)69-64-30-16-14-28-60(64)61-43-49(33-39-66(61)69)55-38-40-65(59-27-12-11-25-56(55)59)68(52-34-31-45-17-7-9-19-47(45)41-52)53-35-32-46-18-8-10-20-48(46)42-53/h1-44H. The van der Waals surface area contributed by atoms with E-state index in [0.29, 0.717) is 0 Å². The molecule has 13 aromatic rings. The Balaban J connectivity index is 0.945. The number of rotatable bonds is 7. The summed E-state index contributed by atoms with van der Waals surface area (Å²) in [5.41, 5.74) is 16.5. The fourth-order valence-corrected chi connectivity index (χ4v) is 11.8. The molecule has 0 saturated carbocycles. The van der Waals surface area contributed by atoms with E-state index in [1.807, 2.05) is 0 Å². The van der Waals surface area contributed by atoms with Crippen LogP contribution in [0.2, 0.25) is 0 Å². The lowest BCUT2D eigenvalue weighted by Crippen LogP contribution is -2.28. The molecule has 1 heterocycles. The topological polar surface area (TPSA) is 8.17 Å². The molecule has 0 radical (unpaired) electrons. The Hall–Kier alpha value is -8.98. The zero-order valence-electron chi connectivity index (χ0n) is 37.8. The number of aromatic nitrogens is 1. The van der Waals surface area contributed by atoms with E-state index in [1.54, 1.807) is 0 Å². The zero-order valence-corrected chi connectivity index (χ0v) is 37.8. The molecule has 0 atom stereocenters. The van der Waals surface area contributed by atoms with Crippen molar-refractivity contribution >= 4 is 71.2 Å². The number of anilines is 3. The molecule has 322 valence electrons. The molecular formula is C67H44N2. The van der Waals surface area contributed by atoms with E-state index >= 15 is 0 Å². The smallest absolute Gasteiger partial charge is 0.0714 e. The van der Waals surface area contributed by atoms with Gasteiger partial charge in [0.05, 0.1) is 22.1 Å². The largest absolute Gasteiger partial charge is 0.310 e. The molecule has 0 amide bonds. The van der Waals surface area contributed by atoms with Crippen LogP contribution in [-0.2, 0) is 5.41 Å². The van der Waals surface area contributed by atoms with Crippen LogP contribution in [0, 0.1) is 0 Å².